The number of rotatable bonds is 3. The summed E-state index contributed by atoms with van der Waals surface area (Å²) in [6.45, 7) is 2.14. The van der Waals surface area contributed by atoms with E-state index in [4.69, 9.17) is 26.9 Å². The highest BCUT2D eigenvalue weighted by atomic mass is 35.5. The van der Waals surface area contributed by atoms with Crippen LogP contribution in [0.2, 0.25) is 5.02 Å². The van der Waals surface area contributed by atoms with Crippen molar-refractivity contribution >= 4 is 23.2 Å². The van der Waals surface area contributed by atoms with Crippen LogP contribution in [-0.2, 0) is 11.3 Å². The molecule has 3 N–H and O–H groups in total. The Kier molecular flexibility index (Phi) is 4.42. The van der Waals surface area contributed by atoms with E-state index < -0.39 is 0 Å². The van der Waals surface area contributed by atoms with Crippen molar-refractivity contribution in [2.45, 2.75) is 25.3 Å². The summed E-state index contributed by atoms with van der Waals surface area (Å²) in [5.41, 5.74) is 7.78. The summed E-state index contributed by atoms with van der Waals surface area (Å²) in [7, 11) is 1.66. The van der Waals surface area contributed by atoms with Crippen molar-refractivity contribution in [1.29, 1.82) is 0 Å². The molecule has 7 heteroatoms. The van der Waals surface area contributed by atoms with Gasteiger partial charge in [-0.1, -0.05) is 11.6 Å². The molecule has 2 aliphatic rings. The first-order chi connectivity index (χ1) is 10.6. The number of nitrogens with zero attached hydrogens (tertiary/aromatic N) is 1. The summed E-state index contributed by atoms with van der Waals surface area (Å²) >= 11 is 6.14. The molecule has 1 aromatic rings. The van der Waals surface area contributed by atoms with E-state index in [0.29, 0.717) is 35.1 Å². The Morgan fingerprint density at radius 1 is 1.50 bits per heavy atom. The van der Waals surface area contributed by atoms with Gasteiger partial charge in [-0.15, -0.1) is 0 Å². The minimum atomic E-state index is -0.157. The number of nitrogens with two attached hydrogens (primary N) is 1. The maximum absolute atomic E-state index is 12.6. The lowest BCUT2D eigenvalue weighted by atomic mass is 10.0. The van der Waals surface area contributed by atoms with Crippen LogP contribution >= 0.6 is 11.6 Å². The molecule has 1 saturated heterocycles. The molecule has 0 bridgehead atoms. The molecule has 1 amide bonds. The van der Waals surface area contributed by atoms with Gasteiger partial charge in [-0.05, 0) is 18.9 Å². The number of carbonyl (C=O) groups is 1. The average molecular weight is 326 g/mol. The number of piperidine rings is 1. The minimum Gasteiger partial charge on any atom is -0.492 e. The van der Waals surface area contributed by atoms with E-state index in [9.17, 15) is 4.79 Å². The third kappa shape index (κ3) is 2.86. The van der Waals surface area contributed by atoms with E-state index >= 15 is 0 Å². The van der Waals surface area contributed by atoms with E-state index in [0.717, 1.165) is 31.5 Å². The van der Waals surface area contributed by atoms with Gasteiger partial charge >= 0.3 is 0 Å². The normalized spacial score (nSPS) is 18.8. The fraction of sp³-hybridized carbons (Fsp3) is 0.533. The number of hydroxylamine groups is 2. The van der Waals surface area contributed by atoms with Crippen LogP contribution in [0.5, 0.6) is 5.75 Å². The quantitative estimate of drug-likeness (QED) is 0.826. The Bertz CT molecular complexity index is 586. The Morgan fingerprint density at radius 3 is 2.91 bits per heavy atom. The first-order valence-electron chi connectivity index (χ1n) is 7.43. The number of halogens is 1. The molecule has 3 rings (SSSR count). The van der Waals surface area contributed by atoms with Crippen molar-refractivity contribution in [3.05, 3.63) is 22.2 Å². The molecule has 0 aliphatic carbocycles. The molecular formula is C15H20ClN3O3. The number of nitrogens with one attached hydrogen (secondary N) is 1. The van der Waals surface area contributed by atoms with Gasteiger partial charge in [-0.2, -0.15) is 5.06 Å². The van der Waals surface area contributed by atoms with Crippen molar-refractivity contribution in [3.63, 3.8) is 0 Å². The Hall–Kier alpha value is -1.50. The van der Waals surface area contributed by atoms with Crippen LogP contribution in [0.1, 0.15) is 28.8 Å². The van der Waals surface area contributed by atoms with Crippen molar-refractivity contribution in [1.82, 2.24) is 10.4 Å². The molecular weight excluding hydrogens is 306 g/mol. The zero-order valence-electron chi connectivity index (χ0n) is 12.5. The number of amides is 1. The topological polar surface area (TPSA) is 76.8 Å². The molecule has 0 spiro atoms. The van der Waals surface area contributed by atoms with E-state index in [2.05, 4.69) is 5.32 Å². The number of hydrogen-bond donors (Lipinski definition) is 2. The molecule has 120 valence electrons. The third-order valence-electron chi connectivity index (χ3n) is 4.26. The van der Waals surface area contributed by atoms with Gasteiger partial charge in [0.2, 0.25) is 0 Å². The van der Waals surface area contributed by atoms with Gasteiger partial charge in [0.15, 0.2) is 0 Å². The van der Waals surface area contributed by atoms with Crippen LogP contribution in [0, 0.1) is 0 Å². The number of fused-ring (bicyclic) bond motifs is 1. The van der Waals surface area contributed by atoms with Crippen LogP contribution in [0.15, 0.2) is 6.07 Å². The minimum absolute atomic E-state index is 0.132. The molecule has 1 aromatic carbocycles. The fourth-order valence-electron chi connectivity index (χ4n) is 2.98. The lowest BCUT2D eigenvalue weighted by molar-refractivity contribution is -0.144. The zero-order valence-corrected chi connectivity index (χ0v) is 13.3. The number of hydrogen-bond acceptors (Lipinski definition) is 5. The van der Waals surface area contributed by atoms with Crippen molar-refractivity contribution < 1.29 is 14.4 Å². The third-order valence-corrected chi connectivity index (χ3v) is 4.58. The van der Waals surface area contributed by atoms with Crippen LogP contribution in [0.4, 0.5) is 5.69 Å². The lowest BCUT2D eigenvalue weighted by Crippen LogP contribution is -2.44. The van der Waals surface area contributed by atoms with Crippen LogP contribution in [0.25, 0.3) is 0 Å². The summed E-state index contributed by atoms with van der Waals surface area (Å²) < 4.78 is 5.58. The zero-order chi connectivity index (χ0) is 15.7. The molecule has 6 nitrogen and oxygen atoms in total. The molecule has 0 unspecified atom stereocenters. The predicted octanol–water partition coefficient (Wildman–Crippen LogP) is 1.61. The number of anilines is 1. The number of nitrogen functional groups attached to an aromatic ring is 1. The average Bonchev–Trinajstić information content (AvgIpc) is 3.01. The van der Waals surface area contributed by atoms with Gasteiger partial charge < -0.3 is 20.6 Å². The van der Waals surface area contributed by atoms with Gasteiger partial charge in [0.1, 0.15) is 5.75 Å². The van der Waals surface area contributed by atoms with Crippen molar-refractivity contribution in [3.8, 4) is 5.75 Å². The maximum atomic E-state index is 12.6. The smallest absolute Gasteiger partial charge is 0.255 e. The van der Waals surface area contributed by atoms with Crippen LogP contribution in [0.3, 0.4) is 0 Å². The van der Waals surface area contributed by atoms with Gasteiger partial charge in [0.25, 0.3) is 5.91 Å². The molecule has 1 fully saturated rings. The summed E-state index contributed by atoms with van der Waals surface area (Å²) in [5, 5.41) is 5.35. The first kappa shape index (κ1) is 15.4. The molecule has 22 heavy (non-hydrogen) atoms. The van der Waals surface area contributed by atoms with Gasteiger partial charge in [-0.3, -0.25) is 4.79 Å². The SMILES string of the molecule is CON1CCC(NC(=O)c2cc(Cl)c(N)c3c2OCC3)CC1. The fourth-order valence-corrected chi connectivity index (χ4v) is 3.20. The highest BCUT2D eigenvalue weighted by molar-refractivity contribution is 6.33. The highest BCUT2D eigenvalue weighted by Gasteiger charge is 2.27. The van der Waals surface area contributed by atoms with Gasteiger partial charge in [-0.25, -0.2) is 0 Å². The monoisotopic (exact) mass is 325 g/mol. The summed E-state index contributed by atoms with van der Waals surface area (Å²) in [6.07, 6.45) is 2.39. The molecule has 2 heterocycles. The second-order valence-corrected chi connectivity index (χ2v) is 5.99. The number of ether oxygens (including phenoxy) is 1. The Morgan fingerprint density at radius 2 is 2.23 bits per heavy atom. The maximum Gasteiger partial charge on any atom is 0.255 e. The van der Waals surface area contributed by atoms with E-state index in [-0.39, 0.29) is 11.9 Å². The Labute approximate surface area is 134 Å². The van der Waals surface area contributed by atoms with Gasteiger partial charge in [0.05, 0.1) is 30.0 Å². The van der Waals surface area contributed by atoms with E-state index in [1.807, 2.05) is 5.06 Å². The van der Waals surface area contributed by atoms with Crippen LogP contribution in [-0.4, -0.2) is 43.8 Å². The second-order valence-electron chi connectivity index (χ2n) is 5.59. The van der Waals surface area contributed by atoms with E-state index in [1.54, 1.807) is 13.2 Å². The Balaban J connectivity index is 1.74. The standard InChI is InChI=1S/C15H20ClN3O3/c1-21-19-5-2-9(3-6-19)18-15(20)11-8-12(16)13(17)10-4-7-22-14(10)11/h8-9H,2-7,17H2,1H3,(H,18,20). The number of benzene rings is 1. The van der Waals surface area contributed by atoms with Crippen LogP contribution < -0.4 is 15.8 Å². The summed E-state index contributed by atoms with van der Waals surface area (Å²) in [4.78, 5) is 17.7. The molecule has 2 aliphatic heterocycles. The van der Waals surface area contributed by atoms with Crippen molar-refractivity contribution in [2.75, 3.05) is 32.5 Å². The molecule has 0 aromatic heterocycles. The summed E-state index contributed by atoms with van der Waals surface area (Å²) in [6, 6.07) is 1.73. The molecule has 0 saturated carbocycles. The number of carbonyl (C=O) groups excluding carboxylic acids is 1. The molecule has 0 radical (unpaired) electrons. The van der Waals surface area contributed by atoms with Crippen molar-refractivity contribution in [2.24, 2.45) is 0 Å². The largest absolute Gasteiger partial charge is 0.492 e. The van der Waals surface area contributed by atoms with E-state index in [1.165, 1.54) is 0 Å². The summed E-state index contributed by atoms with van der Waals surface area (Å²) in [5.74, 6) is 0.421. The highest BCUT2D eigenvalue weighted by Crippen LogP contribution is 2.38. The first-order valence-corrected chi connectivity index (χ1v) is 7.81. The lowest BCUT2D eigenvalue weighted by Gasteiger charge is -2.30. The second kappa shape index (κ2) is 6.32. The van der Waals surface area contributed by atoms with Gasteiger partial charge in [0, 0.05) is 31.1 Å². The molecule has 0 atom stereocenters. The predicted molar refractivity (Wildman–Crippen MR) is 84.1 cm³/mol.